The number of piperidine rings is 1. The molecule has 1 rings (SSSR count). The van der Waals surface area contributed by atoms with Crippen LogP contribution in [-0.4, -0.2) is 35.6 Å². The second-order valence-electron chi connectivity index (χ2n) is 4.25. The number of hydrogen-bond acceptors (Lipinski definition) is 2. The van der Waals surface area contributed by atoms with Gasteiger partial charge >= 0.3 is 5.97 Å². The first-order valence-electron chi connectivity index (χ1n) is 5.03. The van der Waals surface area contributed by atoms with Gasteiger partial charge in [-0.15, -0.1) is 0 Å². The molecule has 1 saturated heterocycles. The molecule has 0 aromatic rings. The lowest BCUT2D eigenvalue weighted by molar-refractivity contribution is -0.138. The highest BCUT2D eigenvalue weighted by Crippen LogP contribution is 2.23. The van der Waals surface area contributed by atoms with E-state index in [2.05, 4.69) is 13.8 Å². The summed E-state index contributed by atoms with van der Waals surface area (Å²) in [6.45, 7) is 6.62. The zero-order valence-corrected chi connectivity index (χ0v) is 8.49. The van der Waals surface area contributed by atoms with Gasteiger partial charge in [-0.2, -0.15) is 0 Å². The van der Waals surface area contributed by atoms with Gasteiger partial charge in [0, 0.05) is 0 Å². The van der Waals surface area contributed by atoms with E-state index in [0.717, 1.165) is 37.8 Å². The number of aliphatic carboxylic acids is 1. The van der Waals surface area contributed by atoms with Gasteiger partial charge in [0.25, 0.3) is 0 Å². The van der Waals surface area contributed by atoms with Crippen molar-refractivity contribution in [3.8, 4) is 0 Å². The molecule has 0 bridgehead atoms. The molecule has 1 aliphatic rings. The maximum absolute atomic E-state index is 10.4. The summed E-state index contributed by atoms with van der Waals surface area (Å²) in [6.07, 6.45) is 2.32. The lowest BCUT2D eigenvalue weighted by Gasteiger charge is -2.32. The van der Waals surface area contributed by atoms with E-state index >= 15 is 0 Å². The molecule has 0 atom stereocenters. The Labute approximate surface area is 79.7 Å². The number of carboxylic acids is 1. The van der Waals surface area contributed by atoms with Crippen LogP contribution in [0, 0.1) is 11.8 Å². The molecule has 0 saturated carbocycles. The number of hydrogen-bond donors (Lipinski definition) is 1. The normalized spacial score (nSPS) is 20.8. The van der Waals surface area contributed by atoms with E-state index in [-0.39, 0.29) is 6.54 Å². The van der Waals surface area contributed by atoms with Crippen LogP contribution in [0.1, 0.15) is 26.7 Å². The Morgan fingerprint density at radius 2 is 2.00 bits per heavy atom. The minimum atomic E-state index is -0.706. The summed E-state index contributed by atoms with van der Waals surface area (Å²) < 4.78 is 0. The van der Waals surface area contributed by atoms with Gasteiger partial charge in [-0.25, -0.2) is 0 Å². The van der Waals surface area contributed by atoms with Crippen molar-refractivity contribution in [2.24, 2.45) is 11.8 Å². The maximum Gasteiger partial charge on any atom is 0.317 e. The van der Waals surface area contributed by atoms with Gasteiger partial charge in [0.15, 0.2) is 0 Å². The number of nitrogens with zero attached hydrogens (tertiary/aromatic N) is 1. The monoisotopic (exact) mass is 185 g/mol. The molecule has 0 spiro atoms. The largest absolute Gasteiger partial charge is 0.480 e. The van der Waals surface area contributed by atoms with Gasteiger partial charge in [-0.05, 0) is 37.8 Å². The lowest BCUT2D eigenvalue weighted by atomic mass is 9.87. The van der Waals surface area contributed by atoms with Gasteiger partial charge in [0.1, 0.15) is 0 Å². The smallest absolute Gasteiger partial charge is 0.317 e. The Hall–Kier alpha value is -0.570. The minimum absolute atomic E-state index is 0.213. The molecule has 76 valence electrons. The molecular weight excluding hydrogens is 166 g/mol. The predicted molar refractivity (Wildman–Crippen MR) is 51.6 cm³/mol. The van der Waals surface area contributed by atoms with Crippen LogP contribution in [0.25, 0.3) is 0 Å². The molecular formula is C10H19NO2. The first-order chi connectivity index (χ1) is 6.09. The highest BCUT2D eigenvalue weighted by atomic mass is 16.4. The Morgan fingerprint density at radius 1 is 1.46 bits per heavy atom. The minimum Gasteiger partial charge on any atom is -0.480 e. The summed E-state index contributed by atoms with van der Waals surface area (Å²) in [7, 11) is 0. The fourth-order valence-corrected chi connectivity index (χ4v) is 1.97. The summed E-state index contributed by atoms with van der Waals surface area (Å²) in [4.78, 5) is 12.5. The van der Waals surface area contributed by atoms with E-state index in [0.29, 0.717) is 0 Å². The maximum atomic E-state index is 10.4. The van der Waals surface area contributed by atoms with E-state index in [9.17, 15) is 4.79 Å². The molecule has 1 heterocycles. The summed E-state index contributed by atoms with van der Waals surface area (Å²) in [5.41, 5.74) is 0. The van der Waals surface area contributed by atoms with Crippen LogP contribution in [0.15, 0.2) is 0 Å². The topological polar surface area (TPSA) is 40.5 Å². The van der Waals surface area contributed by atoms with Crippen LogP contribution >= 0.6 is 0 Å². The second-order valence-corrected chi connectivity index (χ2v) is 4.25. The molecule has 0 aromatic heterocycles. The average molecular weight is 185 g/mol. The summed E-state index contributed by atoms with van der Waals surface area (Å²) in [5.74, 6) is 0.833. The van der Waals surface area contributed by atoms with Crippen molar-refractivity contribution in [2.45, 2.75) is 26.7 Å². The zero-order valence-electron chi connectivity index (χ0n) is 8.49. The van der Waals surface area contributed by atoms with Crippen molar-refractivity contribution in [3.63, 3.8) is 0 Å². The summed E-state index contributed by atoms with van der Waals surface area (Å²) in [6, 6.07) is 0. The van der Waals surface area contributed by atoms with Crippen molar-refractivity contribution in [3.05, 3.63) is 0 Å². The molecule has 3 heteroatoms. The Bertz CT molecular complexity index is 172. The first-order valence-corrected chi connectivity index (χ1v) is 5.03. The Kier molecular flexibility index (Phi) is 3.72. The second kappa shape index (κ2) is 4.61. The number of likely N-dealkylation sites (tertiary alicyclic amines) is 1. The third-order valence-corrected chi connectivity index (χ3v) is 2.93. The van der Waals surface area contributed by atoms with Gasteiger partial charge in [-0.3, -0.25) is 9.69 Å². The average Bonchev–Trinajstić information content (AvgIpc) is 2.04. The highest BCUT2D eigenvalue weighted by molar-refractivity contribution is 5.69. The van der Waals surface area contributed by atoms with Gasteiger partial charge < -0.3 is 5.11 Å². The molecule has 0 aromatic carbocycles. The van der Waals surface area contributed by atoms with Crippen LogP contribution in [0.2, 0.25) is 0 Å². The fourth-order valence-electron chi connectivity index (χ4n) is 1.97. The molecule has 3 nitrogen and oxygen atoms in total. The van der Waals surface area contributed by atoms with Crippen LogP contribution in [-0.2, 0) is 4.79 Å². The van der Waals surface area contributed by atoms with Crippen molar-refractivity contribution in [1.82, 2.24) is 4.90 Å². The van der Waals surface area contributed by atoms with Gasteiger partial charge in [0.2, 0.25) is 0 Å². The third kappa shape index (κ3) is 3.35. The predicted octanol–water partition coefficient (Wildman–Crippen LogP) is 1.44. The summed E-state index contributed by atoms with van der Waals surface area (Å²) in [5, 5.41) is 8.60. The third-order valence-electron chi connectivity index (χ3n) is 2.93. The molecule has 13 heavy (non-hydrogen) atoms. The molecule has 0 radical (unpaired) electrons. The molecule has 1 aliphatic heterocycles. The van der Waals surface area contributed by atoms with Crippen molar-refractivity contribution in [1.29, 1.82) is 0 Å². The first kappa shape index (κ1) is 10.5. The number of rotatable bonds is 3. The molecule has 0 unspecified atom stereocenters. The quantitative estimate of drug-likeness (QED) is 0.723. The number of carbonyl (C=O) groups is 1. The standard InChI is InChI=1S/C10H19NO2/c1-8(2)9-3-5-11(6-4-9)7-10(12)13/h8-9H,3-7H2,1-2H3,(H,12,13). The highest BCUT2D eigenvalue weighted by Gasteiger charge is 2.22. The van der Waals surface area contributed by atoms with Crippen LogP contribution in [0.3, 0.4) is 0 Å². The van der Waals surface area contributed by atoms with E-state index in [1.807, 2.05) is 4.90 Å². The van der Waals surface area contributed by atoms with Crippen LogP contribution in [0.4, 0.5) is 0 Å². The Balaban J connectivity index is 2.26. The van der Waals surface area contributed by atoms with Crippen molar-refractivity contribution in [2.75, 3.05) is 19.6 Å². The molecule has 1 fully saturated rings. The fraction of sp³-hybridized carbons (Fsp3) is 0.900. The van der Waals surface area contributed by atoms with Crippen molar-refractivity contribution < 1.29 is 9.90 Å². The van der Waals surface area contributed by atoms with Crippen molar-refractivity contribution >= 4 is 5.97 Å². The number of carboxylic acid groups (broad SMARTS) is 1. The molecule has 0 amide bonds. The zero-order chi connectivity index (χ0) is 9.84. The van der Waals surface area contributed by atoms with E-state index in [1.165, 1.54) is 0 Å². The van der Waals surface area contributed by atoms with Crippen LogP contribution < -0.4 is 0 Å². The van der Waals surface area contributed by atoms with Gasteiger partial charge in [0.05, 0.1) is 6.54 Å². The van der Waals surface area contributed by atoms with E-state index in [4.69, 9.17) is 5.11 Å². The van der Waals surface area contributed by atoms with E-state index < -0.39 is 5.97 Å². The SMILES string of the molecule is CC(C)C1CCN(CC(=O)O)CC1. The van der Waals surface area contributed by atoms with Gasteiger partial charge in [-0.1, -0.05) is 13.8 Å². The molecule has 1 N–H and O–H groups in total. The Morgan fingerprint density at radius 3 is 2.38 bits per heavy atom. The van der Waals surface area contributed by atoms with E-state index in [1.54, 1.807) is 0 Å². The molecule has 0 aliphatic carbocycles. The summed E-state index contributed by atoms with van der Waals surface area (Å²) >= 11 is 0. The lowest BCUT2D eigenvalue weighted by Crippen LogP contribution is -2.38. The van der Waals surface area contributed by atoms with Crippen LogP contribution in [0.5, 0.6) is 0 Å².